The van der Waals surface area contributed by atoms with E-state index in [2.05, 4.69) is 44.4 Å². The lowest BCUT2D eigenvalue weighted by molar-refractivity contribution is -0.735. The van der Waals surface area contributed by atoms with Gasteiger partial charge in [-0.15, -0.1) is 0 Å². The zero-order chi connectivity index (χ0) is 10.7. The fraction of sp³-hybridized carbons (Fsp3) is 0.583. The minimum Gasteiger partial charge on any atom is -0.389 e. The Hall–Kier alpha value is -0.890. The highest BCUT2D eigenvalue weighted by Crippen LogP contribution is 2.08. The fourth-order valence-corrected chi connectivity index (χ4v) is 2.09. The summed E-state index contributed by atoms with van der Waals surface area (Å²) in [5, 5.41) is 9.28. The van der Waals surface area contributed by atoms with Crippen LogP contribution in [0.25, 0.3) is 0 Å². The van der Waals surface area contributed by atoms with Gasteiger partial charge in [0.05, 0.1) is 0 Å². The Labute approximate surface area is 86.2 Å². The van der Waals surface area contributed by atoms with E-state index in [1.807, 2.05) is 0 Å². The van der Waals surface area contributed by atoms with Crippen LogP contribution in [0.4, 0.5) is 0 Å². The van der Waals surface area contributed by atoms with Crippen molar-refractivity contribution < 1.29 is 9.67 Å². The lowest BCUT2D eigenvalue weighted by Crippen LogP contribution is -2.46. The lowest BCUT2D eigenvalue weighted by Gasteiger charge is -2.12. The lowest BCUT2D eigenvalue weighted by atomic mass is 10.1. The maximum Gasteiger partial charge on any atom is 0.181 e. The molecule has 2 nitrogen and oxygen atoms in total. The molecule has 1 rings (SSSR count). The molecule has 78 valence electrons. The maximum atomic E-state index is 9.28. The molecule has 14 heavy (non-hydrogen) atoms. The summed E-state index contributed by atoms with van der Waals surface area (Å²) in [6, 6.07) is 4.53. The molecule has 0 radical (unpaired) electrons. The van der Waals surface area contributed by atoms with Crippen LogP contribution in [0, 0.1) is 20.8 Å². The number of nitrogens with zero attached hydrogens (tertiary/aromatic N) is 1. The van der Waals surface area contributed by atoms with Gasteiger partial charge in [0.1, 0.15) is 6.61 Å². The van der Waals surface area contributed by atoms with E-state index in [0.717, 1.165) is 6.42 Å². The second-order valence-electron chi connectivity index (χ2n) is 3.93. The van der Waals surface area contributed by atoms with Gasteiger partial charge in [0.15, 0.2) is 17.4 Å². The van der Waals surface area contributed by atoms with Crippen LogP contribution in [-0.2, 0) is 0 Å². The topological polar surface area (TPSA) is 24.1 Å². The zero-order valence-electron chi connectivity index (χ0n) is 9.54. The van der Waals surface area contributed by atoms with Crippen molar-refractivity contribution >= 4 is 0 Å². The van der Waals surface area contributed by atoms with Gasteiger partial charge in [0.25, 0.3) is 0 Å². The Kier molecular flexibility index (Phi) is 3.64. The number of aliphatic hydroxyl groups is 1. The monoisotopic (exact) mass is 194 g/mol. The molecule has 0 spiro atoms. The summed E-state index contributed by atoms with van der Waals surface area (Å²) in [5.74, 6) is 0. The summed E-state index contributed by atoms with van der Waals surface area (Å²) in [6.07, 6.45) is 0.964. The van der Waals surface area contributed by atoms with Crippen LogP contribution < -0.4 is 4.57 Å². The third kappa shape index (κ3) is 2.13. The third-order valence-corrected chi connectivity index (χ3v) is 2.68. The molecule has 1 aromatic heterocycles. The fourth-order valence-electron chi connectivity index (χ4n) is 2.09. The van der Waals surface area contributed by atoms with Gasteiger partial charge in [0, 0.05) is 32.4 Å². The average molecular weight is 194 g/mol. The maximum absolute atomic E-state index is 9.28. The van der Waals surface area contributed by atoms with Crippen molar-refractivity contribution in [1.82, 2.24) is 0 Å². The first-order chi connectivity index (χ1) is 6.60. The SMILES string of the molecule is CC[C@H](CO)[n+]1c(C)cc(C)cc1C. The van der Waals surface area contributed by atoms with Crippen molar-refractivity contribution in [3.8, 4) is 0 Å². The molecule has 0 saturated carbocycles. The van der Waals surface area contributed by atoms with Crippen LogP contribution in [0.1, 0.15) is 36.3 Å². The van der Waals surface area contributed by atoms with E-state index in [1.54, 1.807) is 0 Å². The normalized spacial score (nSPS) is 12.9. The number of aliphatic hydroxyl groups excluding tert-OH is 1. The Balaban J connectivity index is 3.19. The highest BCUT2D eigenvalue weighted by Gasteiger charge is 2.20. The van der Waals surface area contributed by atoms with Crippen LogP contribution in [0.5, 0.6) is 0 Å². The first-order valence-corrected chi connectivity index (χ1v) is 5.20. The Morgan fingerprint density at radius 3 is 2.07 bits per heavy atom. The largest absolute Gasteiger partial charge is 0.389 e. The first-order valence-electron chi connectivity index (χ1n) is 5.20. The van der Waals surface area contributed by atoms with Gasteiger partial charge in [-0.05, 0) is 12.5 Å². The van der Waals surface area contributed by atoms with Crippen molar-refractivity contribution in [1.29, 1.82) is 0 Å². The van der Waals surface area contributed by atoms with Crippen molar-refractivity contribution in [3.05, 3.63) is 29.1 Å². The summed E-state index contributed by atoms with van der Waals surface area (Å²) < 4.78 is 2.22. The molecule has 1 N–H and O–H groups in total. The van der Waals surface area contributed by atoms with Crippen molar-refractivity contribution in [3.63, 3.8) is 0 Å². The second-order valence-corrected chi connectivity index (χ2v) is 3.93. The standard InChI is InChI=1S/C12H20NO/c1-5-12(8-14)13-10(3)6-9(2)7-11(13)4/h6-7,12,14H,5,8H2,1-4H3/q+1/t12-/m1/s1. The summed E-state index contributed by atoms with van der Waals surface area (Å²) in [7, 11) is 0. The summed E-state index contributed by atoms with van der Waals surface area (Å²) in [5.41, 5.74) is 3.73. The van der Waals surface area contributed by atoms with E-state index in [9.17, 15) is 5.11 Å². The average Bonchev–Trinajstić information content (AvgIpc) is 2.10. The number of aryl methyl sites for hydroxylation is 3. The quantitative estimate of drug-likeness (QED) is 0.729. The number of hydrogen-bond donors (Lipinski definition) is 1. The molecule has 0 aromatic carbocycles. The highest BCUT2D eigenvalue weighted by molar-refractivity contribution is 5.13. The summed E-state index contributed by atoms with van der Waals surface area (Å²) in [6.45, 7) is 8.61. The van der Waals surface area contributed by atoms with Gasteiger partial charge in [-0.25, -0.2) is 0 Å². The van der Waals surface area contributed by atoms with Crippen LogP contribution in [0.3, 0.4) is 0 Å². The molecule has 1 aromatic rings. The van der Waals surface area contributed by atoms with E-state index < -0.39 is 0 Å². The van der Waals surface area contributed by atoms with E-state index in [-0.39, 0.29) is 12.6 Å². The Morgan fingerprint density at radius 1 is 1.21 bits per heavy atom. The highest BCUT2D eigenvalue weighted by atomic mass is 16.3. The molecule has 0 aliphatic rings. The van der Waals surface area contributed by atoms with Gasteiger partial charge in [-0.3, -0.25) is 0 Å². The van der Waals surface area contributed by atoms with Gasteiger partial charge < -0.3 is 5.11 Å². The molecule has 1 atom stereocenters. The van der Waals surface area contributed by atoms with Crippen LogP contribution in [-0.4, -0.2) is 11.7 Å². The smallest absolute Gasteiger partial charge is 0.181 e. The molecule has 2 heteroatoms. The summed E-state index contributed by atoms with van der Waals surface area (Å²) in [4.78, 5) is 0. The van der Waals surface area contributed by atoms with Crippen molar-refractivity contribution in [2.75, 3.05) is 6.61 Å². The predicted molar refractivity (Wildman–Crippen MR) is 57.3 cm³/mol. The molecule has 0 amide bonds. The van der Waals surface area contributed by atoms with Crippen LogP contribution in [0.2, 0.25) is 0 Å². The molecule has 0 unspecified atom stereocenters. The molecule has 0 aliphatic carbocycles. The second kappa shape index (κ2) is 4.56. The molecular weight excluding hydrogens is 174 g/mol. The minimum atomic E-state index is 0.214. The Bertz CT molecular complexity index is 293. The number of rotatable bonds is 3. The van der Waals surface area contributed by atoms with Gasteiger partial charge >= 0.3 is 0 Å². The molecule has 0 saturated heterocycles. The van der Waals surface area contributed by atoms with Crippen molar-refractivity contribution in [2.24, 2.45) is 0 Å². The molecule has 1 heterocycles. The summed E-state index contributed by atoms with van der Waals surface area (Å²) >= 11 is 0. The molecule has 0 fully saturated rings. The number of pyridine rings is 1. The molecule has 0 bridgehead atoms. The number of aromatic nitrogens is 1. The van der Waals surface area contributed by atoms with Crippen LogP contribution in [0.15, 0.2) is 12.1 Å². The van der Waals surface area contributed by atoms with Gasteiger partial charge in [-0.1, -0.05) is 6.92 Å². The minimum absolute atomic E-state index is 0.214. The molecular formula is C12H20NO+. The van der Waals surface area contributed by atoms with E-state index in [0.29, 0.717) is 0 Å². The number of hydrogen-bond acceptors (Lipinski definition) is 1. The van der Waals surface area contributed by atoms with E-state index in [4.69, 9.17) is 0 Å². The molecule has 0 aliphatic heterocycles. The van der Waals surface area contributed by atoms with Gasteiger partial charge in [0.2, 0.25) is 0 Å². The third-order valence-electron chi connectivity index (χ3n) is 2.68. The van der Waals surface area contributed by atoms with E-state index >= 15 is 0 Å². The first kappa shape index (κ1) is 11.2. The predicted octanol–water partition coefficient (Wildman–Crippen LogP) is 1.84. The van der Waals surface area contributed by atoms with Crippen LogP contribution >= 0.6 is 0 Å². The Morgan fingerprint density at radius 2 is 1.71 bits per heavy atom. The van der Waals surface area contributed by atoms with Gasteiger partial charge in [-0.2, -0.15) is 4.57 Å². The van der Waals surface area contributed by atoms with Crippen molar-refractivity contribution in [2.45, 2.75) is 40.2 Å². The van der Waals surface area contributed by atoms with E-state index in [1.165, 1.54) is 17.0 Å². The zero-order valence-corrected chi connectivity index (χ0v) is 9.54.